The van der Waals surface area contributed by atoms with Crippen LogP contribution in [0, 0.1) is 13.8 Å². The van der Waals surface area contributed by atoms with Crippen LogP contribution in [0.3, 0.4) is 0 Å². The number of aryl methyl sites for hydroxylation is 2. The molecule has 0 bridgehead atoms. The highest BCUT2D eigenvalue weighted by Gasteiger charge is 2.22. The molecule has 3 rings (SSSR count). The molecule has 0 heterocycles. The van der Waals surface area contributed by atoms with Crippen LogP contribution in [0.15, 0.2) is 97.3 Å². The van der Waals surface area contributed by atoms with Crippen molar-refractivity contribution in [2.24, 2.45) is 3.77 Å². The fraction of sp³-hybridized carbons (Fsp3) is 0.182. The molecule has 0 fully saturated rings. The minimum atomic E-state index is -4.23. The molecule has 3 aromatic carbocycles. The van der Waals surface area contributed by atoms with Crippen LogP contribution in [0.4, 0.5) is 0 Å². The highest BCUT2D eigenvalue weighted by molar-refractivity contribution is 8.03. The van der Waals surface area contributed by atoms with Crippen LogP contribution in [0.25, 0.3) is 0 Å². The summed E-state index contributed by atoms with van der Waals surface area (Å²) in [5.74, 6) is -0.312. The van der Waals surface area contributed by atoms with Gasteiger partial charge in [-0.25, -0.2) is 17.3 Å². The van der Waals surface area contributed by atoms with Gasteiger partial charge in [-0.15, -0.1) is 3.77 Å². The van der Waals surface area contributed by atoms with Crippen molar-refractivity contribution in [1.82, 2.24) is 4.72 Å². The van der Waals surface area contributed by atoms with E-state index in [1.807, 2.05) is 13.8 Å². The van der Waals surface area contributed by atoms with E-state index in [2.05, 4.69) is 8.49 Å². The van der Waals surface area contributed by atoms with Gasteiger partial charge in [0.2, 0.25) is 10.0 Å². The Morgan fingerprint density at radius 2 is 1.16 bits per heavy atom. The minimum absolute atomic E-state index is 0.0681. The molecule has 1 N–H and O–H groups in total. The van der Waals surface area contributed by atoms with Crippen molar-refractivity contribution >= 4 is 29.8 Å². The highest BCUT2D eigenvalue weighted by atomic mass is 32.3. The van der Waals surface area contributed by atoms with Crippen LogP contribution in [-0.4, -0.2) is 33.3 Å². The number of rotatable bonds is 8. The predicted octanol–water partition coefficient (Wildman–Crippen LogP) is 3.50. The van der Waals surface area contributed by atoms with Crippen molar-refractivity contribution in [2.45, 2.75) is 28.5 Å². The molecule has 10 heteroatoms. The van der Waals surface area contributed by atoms with Gasteiger partial charge in [0.25, 0.3) is 10.0 Å². The van der Waals surface area contributed by atoms with Crippen molar-refractivity contribution in [1.29, 1.82) is 0 Å². The fourth-order valence-electron chi connectivity index (χ4n) is 2.86. The van der Waals surface area contributed by atoms with Crippen molar-refractivity contribution in [2.75, 3.05) is 12.3 Å². The lowest BCUT2D eigenvalue weighted by Gasteiger charge is -2.12. The Morgan fingerprint density at radius 3 is 1.69 bits per heavy atom. The van der Waals surface area contributed by atoms with E-state index in [0.717, 1.165) is 11.1 Å². The van der Waals surface area contributed by atoms with Gasteiger partial charge in [-0.3, -0.25) is 0 Å². The third-order valence-corrected chi connectivity index (χ3v) is 10.5. The van der Waals surface area contributed by atoms with Crippen molar-refractivity contribution < 1.29 is 21.0 Å². The second kappa shape index (κ2) is 9.53. The number of sulfonamides is 2. The zero-order valence-corrected chi connectivity index (χ0v) is 20.1. The van der Waals surface area contributed by atoms with E-state index in [9.17, 15) is 21.0 Å². The van der Waals surface area contributed by atoms with Gasteiger partial charge in [0.15, 0.2) is 0 Å². The SMILES string of the molecule is Cc1ccc(S(=O)(=O)N=S(=O)(CCNS(=O)(=O)c2ccc(C)cc2)c2ccccc2)cc1. The van der Waals surface area contributed by atoms with E-state index in [4.69, 9.17) is 0 Å². The maximum atomic E-state index is 13.7. The van der Waals surface area contributed by atoms with E-state index in [0.29, 0.717) is 0 Å². The molecule has 0 saturated carbocycles. The largest absolute Gasteiger partial charge is 0.290 e. The number of benzene rings is 3. The molecule has 1 unspecified atom stereocenters. The molecule has 170 valence electrons. The molecule has 1 atom stereocenters. The van der Waals surface area contributed by atoms with E-state index < -0.39 is 29.8 Å². The summed E-state index contributed by atoms with van der Waals surface area (Å²) in [5.41, 5.74) is 1.79. The van der Waals surface area contributed by atoms with Gasteiger partial charge in [-0.05, 0) is 50.2 Å². The Kier molecular flexibility index (Phi) is 7.19. The molecular formula is C22H24N2O5S3. The van der Waals surface area contributed by atoms with E-state index in [1.54, 1.807) is 42.5 Å². The molecule has 0 aliphatic rings. The van der Waals surface area contributed by atoms with E-state index in [-0.39, 0.29) is 27.0 Å². The van der Waals surface area contributed by atoms with Crippen molar-refractivity contribution in [3.05, 3.63) is 90.0 Å². The van der Waals surface area contributed by atoms with Crippen LogP contribution in [-0.2, 0) is 29.8 Å². The minimum Gasteiger partial charge on any atom is -0.244 e. The average Bonchev–Trinajstić information content (AvgIpc) is 2.74. The zero-order valence-electron chi connectivity index (χ0n) is 17.6. The molecule has 3 aromatic rings. The molecule has 32 heavy (non-hydrogen) atoms. The van der Waals surface area contributed by atoms with Crippen LogP contribution < -0.4 is 4.72 Å². The molecule has 7 nitrogen and oxygen atoms in total. The van der Waals surface area contributed by atoms with Crippen LogP contribution in [0.2, 0.25) is 0 Å². The molecular weight excluding hydrogens is 468 g/mol. The Bertz CT molecular complexity index is 1410. The third-order valence-electron chi connectivity index (χ3n) is 4.65. The lowest BCUT2D eigenvalue weighted by atomic mass is 10.2. The molecule has 0 aliphatic heterocycles. The Hall–Kier alpha value is -2.53. The number of hydrogen-bond acceptors (Lipinski definition) is 5. The van der Waals surface area contributed by atoms with Gasteiger partial charge in [0.1, 0.15) is 0 Å². The quantitative estimate of drug-likeness (QED) is 0.518. The smallest absolute Gasteiger partial charge is 0.244 e. The normalized spacial score (nSPS) is 13.9. The lowest BCUT2D eigenvalue weighted by molar-refractivity contribution is 0.584. The topological polar surface area (TPSA) is 110 Å². The van der Waals surface area contributed by atoms with Crippen LogP contribution in [0.1, 0.15) is 11.1 Å². The maximum absolute atomic E-state index is 13.7. The van der Waals surface area contributed by atoms with Crippen molar-refractivity contribution in [3.63, 3.8) is 0 Å². The van der Waals surface area contributed by atoms with E-state index in [1.165, 1.54) is 36.4 Å². The summed E-state index contributed by atoms with van der Waals surface area (Å²) in [6.07, 6.45) is 0. The Labute approximate surface area is 189 Å². The standard InChI is InChI=1S/C22H24N2O5S3/c1-18-8-12-21(13-9-18)31(26,27)23-16-17-30(25,20-6-4-3-5-7-20)24-32(28,29)22-14-10-19(2)11-15-22/h3-15,23H,16-17H2,1-2H3. The molecule has 0 aliphatic carbocycles. The summed E-state index contributed by atoms with van der Waals surface area (Å²) in [6.45, 7) is 3.41. The summed E-state index contributed by atoms with van der Waals surface area (Å²) in [4.78, 5) is 0.204. The van der Waals surface area contributed by atoms with Crippen LogP contribution in [0.5, 0.6) is 0 Å². The predicted molar refractivity (Wildman–Crippen MR) is 125 cm³/mol. The second-order valence-corrected chi connectivity index (χ2v) is 13.2. The maximum Gasteiger partial charge on any atom is 0.290 e. The van der Waals surface area contributed by atoms with Gasteiger partial charge in [-0.2, -0.15) is 8.42 Å². The first-order valence-electron chi connectivity index (χ1n) is 9.71. The number of hydrogen-bond donors (Lipinski definition) is 1. The second-order valence-electron chi connectivity index (χ2n) is 7.23. The van der Waals surface area contributed by atoms with Gasteiger partial charge in [0.05, 0.1) is 25.3 Å². The monoisotopic (exact) mass is 492 g/mol. The first-order valence-corrected chi connectivity index (χ1v) is 14.3. The molecule has 0 saturated heterocycles. The summed E-state index contributed by atoms with van der Waals surface area (Å²) >= 11 is 0. The first-order chi connectivity index (χ1) is 15.0. The average molecular weight is 493 g/mol. The van der Waals surface area contributed by atoms with Crippen LogP contribution >= 0.6 is 0 Å². The lowest BCUT2D eigenvalue weighted by Crippen LogP contribution is -2.29. The molecule has 0 aromatic heterocycles. The number of nitrogens with one attached hydrogen (secondary N) is 1. The Balaban J connectivity index is 1.93. The zero-order chi connectivity index (χ0) is 23.4. The molecule has 0 spiro atoms. The highest BCUT2D eigenvalue weighted by Crippen LogP contribution is 2.21. The third kappa shape index (κ3) is 5.83. The first kappa shape index (κ1) is 24.1. The van der Waals surface area contributed by atoms with Gasteiger partial charge < -0.3 is 0 Å². The molecule has 0 amide bonds. The number of nitrogens with zero attached hydrogens (tertiary/aromatic N) is 1. The van der Waals surface area contributed by atoms with Crippen molar-refractivity contribution in [3.8, 4) is 0 Å². The summed E-state index contributed by atoms with van der Waals surface area (Å²) < 4.78 is 70.7. The fourth-order valence-corrected chi connectivity index (χ4v) is 7.95. The summed E-state index contributed by atoms with van der Waals surface area (Å²) in [6, 6.07) is 20.3. The van der Waals surface area contributed by atoms with Gasteiger partial charge >= 0.3 is 0 Å². The van der Waals surface area contributed by atoms with Gasteiger partial charge in [0, 0.05) is 11.4 Å². The van der Waals surface area contributed by atoms with Gasteiger partial charge in [-0.1, -0.05) is 53.6 Å². The summed E-state index contributed by atoms with van der Waals surface area (Å²) in [5, 5.41) is 0. The Morgan fingerprint density at radius 1 is 0.656 bits per heavy atom. The van der Waals surface area contributed by atoms with E-state index >= 15 is 0 Å². The molecule has 0 radical (unpaired) electrons. The summed E-state index contributed by atoms with van der Waals surface area (Å²) in [7, 11) is -11.6.